The summed E-state index contributed by atoms with van der Waals surface area (Å²) in [4.78, 5) is 0. The molecule has 0 rings (SSSR count). The molecule has 0 heterocycles. The Hall–Kier alpha value is 0.799. The summed E-state index contributed by atoms with van der Waals surface area (Å²) < 4.78 is 1.44. The maximum absolute atomic E-state index is 2.28. The van der Waals surface area contributed by atoms with Crippen LogP contribution in [-0.2, 0) is 0 Å². The Morgan fingerprint density at radius 1 is 1.43 bits per heavy atom. The van der Waals surface area contributed by atoms with Crippen LogP contribution in [0.15, 0.2) is 0 Å². The summed E-state index contributed by atoms with van der Waals surface area (Å²) in [7, 11) is 0. The molecule has 0 saturated heterocycles. The van der Waals surface area contributed by atoms with E-state index in [9.17, 15) is 0 Å². The van der Waals surface area contributed by atoms with E-state index in [2.05, 4.69) is 13.8 Å². The Morgan fingerprint density at radius 3 is 2.14 bits per heavy atom. The van der Waals surface area contributed by atoms with Crippen LogP contribution in [0.1, 0.15) is 26.7 Å². The molecule has 0 aliphatic heterocycles. The van der Waals surface area contributed by atoms with E-state index < -0.39 is 0 Å². The zero-order valence-corrected chi connectivity index (χ0v) is 8.05. The molecule has 0 unspecified atom stereocenters. The van der Waals surface area contributed by atoms with Gasteiger partial charge in [0.1, 0.15) is 0 Å². The van der Waals surface area contributed by atoms with E-state index in [1.807, 2.05) is 0 Å². The third-order valence-corrected chi connectivity index (χ3v) is 1.97. The van der Waals surface area contributed by atoms with E-state index in [4.69, 9.17) is 0 Å². The van der Waals surface area contributed by atoms with Crippen LogP contribution in [0, 0.1) is 5.92 Å². The van der Waals surface area contributed by atoms with Gasteiger partial charge >= 0.3 is 59.6 Å². The number of hydrogen-bond donors (Lipinski definition) is 0. The molecule has 0 aliphatic carbocycles. The van der Waals surface area contributed by atoms with Gasteiger partial charge in [0.05, 0.1) is 0 Å². The Labute approximate surface area is 59.8 Å². The van der Waals surface area contributed by atoms with Gasteiger partial charge in [-0.1, -0.05) is 0 Å². The fourth-order valence-electron chi connectivity index (χ4n) is 0.510. The second-order valence-corrected chi connectivity index (χ2v) is 3.71. The van der Waals surface area contributed by atoms with Gasteiger partial charge in [0.2, 0.25) is 0 Å². The summed E-state index contributed by atoms with van der Waals surface area (Å²) in [6.45, 7) is 4.57. The molecule has 0 nitrogen and oxygen atoms in total. The average Bonchev–Trinajstić information content (AvgIpc) is 1.61. The van der Waals surface area contributed by atoms with Crippen LogP contribution in [0.4, 0.5) is 0 Å². The van der Waals surface area contributed by atoms with Crippen LogP contribution in [-0.4, -0.2) is 22.5 Å². The Bertz CT molecular complexity index is 33.2. The van der Waals surface area contributed by atoms with Crippen molar-refractivity contribution in [3.8, 4) is 0 Å². The molecule has 0 atom stereocenters. The molecule has 0 N–H and O–H groups in total. The molecule has 0 aromatic rings. The zero-order valence-electron chi connectivity index (χ0n) is 5.20. The van der Waals surface area contributed by atoms with E-state index in [0.717, 1.165) is 5.92 Å². The third kappa shape index (κ3) is 6.80. The van der Waals surface area contributed by atoms with Crippen molar-refractivity contribution in [1.82, 2.24) is 0 Å². The fraction of sp³-hybridized carbons (Fsp3) is 1.00. The van der Waals surface area contributed by atoms with Gasteiger partial charge in [-0.2, -0.15) is 0 Å². The van der Waals surface area contributed by atoms with Crippen LogP contribution < -0.4 is 0 Å². The molecular weight excluding hydrogens is 191 g/mol. The zero-order chi connectivity index (χ0) is 5.70. The van der Waals surface area contributed by atoms with E-state index >= 15 is 0 Å². The molecule has 0 aromatic heterocycles. The summed E-state index contributed by atoms with van der Waals surface area (Å²) >= 11 is 1.69. The quantitative estimate of drug-likeness (QED) is 0.616. The van der Waals surface area contributed by atoms with Gasteiger partial charge in [0.25, 0.3) is 0 Å². The van der Waals surface area contributed by atoms with Gasteiger partial charge in [-0.3, -0.25) is 0 Å². The van der Waals surface area contributed by atoms with Crippen LogP contribution >= 0.6 is 0 Å². The molecule has 0 aromatic carbocycles. The van der Waals surface area contributed by atoms with Crippen LogP contribution in [0.3, 0.4) is 0 Å². The van der Waals surface area contributed by atoms with E-state index in [1.165, 1.54) is 17.3 Å². The Kier molecular flexibility index (Phi) is 5.51. The van der Waals surface area contributed by atoms with E-state index in [0.29, 0.717) is 0 Å². The van der Waals surface area contributed by atoms with E-state index in [-0.39, 0.29) is 0 Å². The second-order valence-electron chi connectivity index (χ2n) is 2.29. The van der Waals surface area contributed by atoms with Crippen molar-refractivity contribution >= 4 is 22.5 Å². The molecule has 1 heteroatoms. The van der Waals surface area contributed by atoms with E-state index in [1.54, 1.807) is 22.5 Å². The molecule has 0 spiro atoms. The molecule has 0 fully saturated rings. The van der Waals surface area contributed by atoms with Crippen LogP contribution in [0.25, 0.3) is 0 Å². The monoisotopic (exact) mass is 205 g/mol. The standard InChI is InChI=1S/C6H13.Sn/c1-4-5-6(2)3;/h6H,1,4-5H2,2-3H3;. The number of rotatable bonds is 3. The summed E-state index contributed by atoms with van der Waals surface area (Å²) in [5.74, 6) is 0.917. The molecule has 0 bridgehead atoms. The van der Waals surface area contributed by atoms with Gasteiger partial charge < -0.3 is 0 Å². The first-order chi connectivity index (χ1) is 3.27. The summed E-state index contributed by atoms with van der Waals surface area (Å²) in [6.07, 6.45) is 2.86. The van der Waals surface area contributed by atoms with Gasteiger partial charge in [-0.15, -0.1) is 0 Å². The SMILES string of the molecule is CC(C)CC[CH2][Sn]. The molecular formula is C6H13Sn. The van der Waals surface area contributed by atoms with Gasteiger partial charge in [-0.05, 0) is 0 Å². The Balaban J connectivity index is 2.68. The van der Waals surface area contributed by atoms with Crippen molar-refractivity contribution < 1.29 is 0 Å². The predicted molar refractivity (Wildman–Crippen MR) is 34.6 cm³/mol. The van der Waals surface area contributed by atoms with Crippen molar-refractivity contribution in [2.75, 3.05) is 0 Å². The first-order valence-electron chi connectivity index (χ1n) is 2.92. The first kappa shape index (κ1) is 7.80. The molecule has 41 valence electrons. The molecule has 0 aliphatic rings. The molecule has 0 saturated carbocycles. The molecule has 3 radical (unpaired) electrons. The van der Waals surface area contributed by atoms with Crippen molar-refractivity contribution in [3.63, 3.8) is 0 Å². The summed E-state index contributed by atoms with van der Waals surface area (Å²) in [5, 5.41) is 0. The maximum atomic E-state index is 2.28. The fourth-order valence-corrected chi connectivity index (χ4v) is 1.09. The predicted octanol–water partition coefficient (Wildman–Crippen LogP) is 2.01. The van der Waals surface area contributed by atoms with Gasteiger partial charge in [-0.25, -0.2) is 0 Å². The second kappa shape index (κ2) is 4.95. The summed E-state index contributed by atoms with van der Waals surface area (Å²) in [5.41, 5.74) is 0. The van der Waals surface area contributed by atoms with Gasteiger partial charge in [0.15, 0.2) is 0 Å². The summed E-state index contributed by atoms with van der Waals surface area (Å²) in [6, 6.07) is 0. The van der Waals surface area contributed by atoms with Crippen LogP contribution in [0.2, 0.25) is 4.44 Å². The number of hydrogen-bond acceptors (Lipinski definition) is 0. The van der Waals surface area contributed by atoms with Crippen molar-refractivity contribution in [2.45, 2.75) is 31.1 Å². The topological polar surface area (TPSA) is 0 Å². The van der Waals surface area contributed by atoms with Crippen molar-refractivity contribution in [2.24, 2.45) is 5.92 Å². The third-order valence-electron chi connectivity index (χ3n) is 0.958. The van der Waals surface area contributed by atoms with Crippen LogP contribution in [0.5, 0.6) is 0 Å². The molecule has 0 amide bonds. The van der Waals surface area contributed by atoms with Crippen molar-refractivity contribution in [1.29, 1.82) is 0 Å². The first-order valence-corrected chi connectivity index (χ1v) is 4.93. The van der Waals surface area contributed by atoms with Crippen molar-refractivity contribution in [3.05, 3.63) is 0 Å². The average molecular weight is 204 g/mol. The minimum atomic E-state index is 0.917. The molecule has 7 heavy (non-hydrogen) atoms. The van der Waals surface area contributed by atoms with Gasteiger partial charge in [0, 0.05) is 0 Å². The normalized spacial score (nSPS) is 10.3. The Morgan fingerprint density at radius 2 is 2.00 bits per heavy atom. The minimum absolute atomic E-state index is 0.917.